The van der Waals surface area contributed by atoms with Crippen LogP contribution >= 0.6 is 0 Å². The number of amides is 1. The molecule has 1 aliphatic rings. The van der Waals surface area contributed by atoms with Crippen molar-refractivity contribution in [2.45, 2.75) is 19.1 Å². The molecule has 1 atom stereocenters. The van der Waals surface area contributed by atoms with E-state index < -0.39 is 6.10 Å². The zero-order valence-corrected chi connectivity index (χ0v) is 12.9. The smallest absolute Gasteiger partial charge is 0.267 e. The summed E-state index contributed by atoms with van der Waals surface area (Å²) < 4.78 is 14.7. The van der Waals surface area contributed by atoms with Crippen LogP contribution < -0.4 is 0 Å². The number of aromatic nitrogens is 2. The van der Waals surface area contributed by atoms with Crippen molar-refractivity contribution in [3.05, 3.63) is 53.6 Å². The molecule has 2 heterocycles. The van der Waals surface area contributed by atoms with Crippen molar-refractivity contribution >= 4 is 11.6 Å². The van der Waals surface area contributed by atoms with Crippen LogP contribution in [0.25, 0.3) is 0 Å². The quantitative estimate of drug-likeness (QED) is 0.863. The second-order valence-electron chi connectivity index (χ2n) is 5.48. The van der Waals surface area contributed by atoms with Gasteiger partial charge in [-0.15, -0.1) is 0 Å². The van der Waals surface area contributed by atoms with E-state index in [1.807, 2.05) is 13.1 Å². The summed E-state index contributed by atoms with van der Waals surface area (Å²) in [4.78, 5) is 19.3. The Balaban J connectivity index is 1.62. The van der Waals surface area contributed by atoms with E-state index in [1.54, 1.807) is 35.0 Å². The molecular formula is C16H17FN4O2. The van der Waals surface area contributed by atoms with Crippen LogP contribution in [0.3, 0.4) is 0 Å². The van der Waals surface area contributed by atoms with Crippen molar-refractivity contribution in [2.24, 2.45) is 12.2 Å². The van der Waals surface area contributed by atoms with Crippen molar-refractivity contribution in [1.82, 2.24) is 14.7 Å². The fourth-order valence-electron chi connectivity index (χ4n) is 2.45. The summed E-state index contributed by atoms with van der Waals surface area (Å²) >= 11 is 0. The summed E-state index contributed by atoms with van der Waals surface area (Å²) in [7, 11) is 3.55. The van der Waals surface area contributed by atoms with Gasteiger partial charge in [-0.3, -0.25) is 9.48 Å². The average Bonchev–Trinajstić information content (AvgIpc) is 3.17. The number of benzene rings is 1. The molecule has 0 saturated heterocycles. The first-order valence-electron chi connectivity index (χ1n) is 7.25. The van der Waals surface area contributed by atoms with Crippen LogP contribution in [0.4, 0.5) is 4.39 Å². The van der Waals surface area contributed by atoms with Gasteiger partial charge in [-0.2, -0.15) is 5.10 Å². The normalized spacial score (nSPS) is 16.8. The molecule has 0 spiro atoms. The lowest BCUT2D eigenvalue weighted by molar-refractivity contribution is -0.141. The van der Waals surface area contributed by atoms with E-state index in [-0.39, 0.29) is 11.7 Å². The third-order valence-corrected chi connectivity index (χ3v) is 3.82. The van der Waals surface area contributed by atoms with Gasteiger partial charge in [0.2, 0.25) is 6.10 Å². The van der Waals surface area contributed by atoms with Gasteiger partial charge < -0.3 is 9.74 Å². The molecule has 3 rings (SSSR count). The number of rotatable bonds is 4. The number of likely N-dealkylation sites (N-methyl/N-ethyl adjacent to an activating group) is 1. The van der Waals surface area contributed by atoms with Crippen LogP contribution in [0.15, 0.2) is 41.7 Å². The molecule has 23 heavy (non-hydrogen) atoms. The predicted octanol–water partition coefficient (Wildman–Crippen LogP) is 1.71. The minimum atomic E-state index is -0.645. The Labute approximate surface area is 133 Å². The molecule has 1 aliphatic heterocycles. The zero-order valence-electron chi connectivity index (χ0n) is 12.9. The van der Waals surface area contributed by atoms with E-state index >= 15 is 0 Å². The summed E-state index contributed by atoms with van der Waals surface area (Å²) in [6.07, 6.45) is 1.42. The lowest BCUT2D eigenvalue weighted by Gasteiger charge is -2.19. The maximum Gasteiger partial charge on any atom is 0.267 e. The Morgan fingerprint density at radius 2 is 2.13 bits per heavy atom. The third kappa shape index (κ3) is 3.23. The fraction of sp³-hybridized carbons (Fsp3) is 0.312. The molecule has 6 nitrogen and oxygen atoms in total. The molecule has 2 aromatic rings. The molecular weight excluding hydrogens is 299 g/mol. The maximum absolute atomic E-state index is 13.0. The molecule has 1 amide bonds. The van der Waals surface area contributed by atoms with Crippen molar-refractivity contribution in [3.8, 4) is 0 Å². The molecule has 1 aromatic carbocycles. The van der Waals surface area contributed by atoms with E-state index in [0.29, 0.717) is 18.7 Å². The van der Waals surface area contributed by atoms with Crippen molar-refractivity contribution in [1.29, 1.82) is 0 Å². The number of oxime groups is 1. The largest absolute Gasteiger partial charge is 0.382 e. The summed E-state index contributed by atoms with van der Waals surface area (Å²) in [6.45, 7) is 0.446. The SMILES string of the molecule is CN(Cc1ccnn1C)C(=O)[C@H]1CC(c2ccc(F)cc2)=NO1. The predicted molar refractivity (Wildman–Crippen MR) is 82.1 cm³/mol. The fourth-order valence-corrected chi connectivity index (χ4v) is 2.45. The highest BCUT2D eigenvalue weighted by atomic mass is 19.1. The van der Waals surface area contributed by atoms with Gasteiger partial charge in [-0.05, 0) is 23.8 Å². The van der Waals surface area contributed by atoms with Crippen LogP contribution in [-0.2, 0) is 23.2 Å². The highest BCUT2D eigenvalue weighted by Gasteiger charge is 2.31. The molecule has 0 saturated carbocycles. The minimum Gasteiger partial charge on any atom is -0.382 e. The molecule has 0 aliphatic carbocycles. The Bertz CT molecular complexity index is 739. The van der Waals surface area contributed by atoms with E-state index in [4.69, 9.17) is 4.84 Å². The van der Waals surface area contributed by atoms with Crippen LogP contribution in [-0.4, -0.2) is 39.5 Å². The van der Waals surface area contributed by atoms with E-state index in [1.165, 1.54) is 12.1 Å². The van der Waals surface area contributed by atoms with Crippen molar-refractivity contribution in [3.63, 3.8) is 0 Å². The second-order valence-corrected chi connectivity index (χ2v) is 5.48. The lowest BCUT2D eigenvalue weighted by Crippen LogP contribution is -2.36. The minimum absolute atomic E-state index is 0.146. The number of nitrogens with zero attached hydrogens (tertiary/aromatic N) is 4. The van der Waals surface area contributed by atoms with Gasteiger partial charge in [-0.1, -0.05) is 17.3 Å². The first-order valence-corrected chi connectivity index (χ1v) is 7.25. The van der Waals surface area contributed by atoms with Crippen LogP contribution in [0.5, 0.6) is 0 Å². The second kappa shape index (κ2) is 6.20. The number of hydrogen-bond acceptors (Lipinski definition) is 4. The molecule has 0 N–H and O–H groups in total. The zero-order chi connectivity index (χ0) is 16.4. The Morgan fingerprint density at radius 3 is 2.78 bits per heavy atom. The van der Waals surface area contributed by atoms with Crippen LogP contribution in [0, 0.1) is 5.82 Å². The molecule has 1 aromatic heterocycles. The van der Waals surface area contributed by atoms with E-state index in [0.717, 1.165) is 11.3 Å². The Hall–Kier alpha value is -2.70. The highest BCUT2D eigenvalue weighted by molar-refractivity contribution is 6.04. The van der Waals surface area contributed by atoms with Gasteiger partial charge in [0.1, 0.15) is 5.82 Å². The third-order valence-electron chi connectivity index (χ3n) is 3.82. The summed E-state index contributed by atoms with van der Waals surface area (Å²) in [5.41, 5.74) is 2.34. The first-order chi connectivity index (χ1) is 11.0. The standard InChI is InChI=1S/C16H17FN4O2/c1-20(10-13-7-8-18-21(13)2)16(22)15-9-14(19-23-15)11-3-5-12(17)6-4-11/h3-8,15H,9-10H2,1-2H3/t15-/m1/s1. The molecule has 0 unspecified atom stereocenters. The Morgan fingerprint density at radius 1 is 1.39 bits per heavy atom. The number of carbonyl (C=O) groups is 1. The topological polar surface area (TPSA) is 59.7 Å². The van der Waals surface area contributed by atoms with Gasteiger partial charge in [0.05, 0.1) is 18.0 Å². The first kappa shape index (κ1) is 15.2. The number of halogens is 1. The Kier molecular flexibility index (Phi) is 4.10. The van der Waals surface area contributed by atoms with Gasteiger partial charge in [-0.25, -0.2) is 4.39 Å². The van der Waals surface area contributed by atoms with E-state index in [2.05, 4.69) is 10.3 Å². The van der Waals surface area contributed by atoms with Crippen LogP contribution in [0.1, 0.15) is 17.7 Å². The maximum atomic E-state index is 13.0. The molecule has 120 valence electrons. The summed E-state index contributed by atoms with van der Waals surface area (Å²) in [6, 6.07) is 7.84. The summed E-state index contributed by atoms with van der Waals surface area (Å²) in [5.74, 6) is -0.455. The number of aryl methyl sites for hydroxylation is 1. The molecule has 0 bridgehead atoms. The number of carbonyl (C=O) groups excluding carboxylic acids is 1. The van der Waals surface area contributed by atoms with Crippen molar-refractivity contribution < 1.29 is 14.0 Å². The summed E-state index contributed by atoms with van der Waals surface area (Å²) in [5, 5.41) is 8.04. The lowest BCUT2D eigenvalue weighted by atomic mass is 10.0. The van der Waals surface area contributed by atoms with Gasteiger partial charge in [0, 0.05) is 26.7 Å². The highest BCUT2D eigenvalue weighted by Crippen LogP contribution is 2.19. The number of hydrogen-bond donors (Lipinski definition) is 0. The monoisotopic (exact) mass is 316 g/mol. The van der Waals surface area contributed by atoms with Crippen molar-refractivity contribution in [2.75, 3.05) is 7.05 Å². The van der Waals surface area contributed by atoms with Gasteiger partial charge in [0.25, 0.3) is 5.91 Å². The van der Waals surface area contributed by atoms with Gasteiger partial charge in [0.15, 0.2) is 0 Å². The molecule has 0 fully saturated rings. The molecule has 0 radical (unpaired) electrons. The van der Waals surface area contributed by atoms with Crippen LogP contribution in [0.2, 0.25) is 0 Å². The average molecular weight is 316 g/mol. The van der Waals surface area contributed by atoms with Gasteiger partial charge >= 0.3 is 0 Å². The van der Waals surface area contributed by atoms with E-state index in [9.17, 15) is 9.18 Å². The molecule has 7 heteroatoms.